The first-order chi connectivity index (χ1) is 8.35. The number of hydrogen-bond acceptors (Lipinski definition) is 5. The van der Waals surface area contributed by atoms with E-state index in [1.807, 2.05) is 6.92 Å². The fourth-order valence-electron chi connectivity index (χ4n) is 1.94. The maximum absolute atomic E-state index is 11.8. The van der Waals surface area contributed by atoms with Crippen LogP contribution in [0.2, 0.25) is 0 Å². The molecule has 0 aromatic carbocycles. The van der Waals surface area contributed by atoms with Crippen molar-refractivity contribution in [3.8, 4) is 0 Å². The van der Waals surface area contributed by atoms with Crippen molar-refractivity contribution in [3.63, 3.8) is 0 Å². The number of H-pyrrole nitrogens is 1. The number of aromatic nitrogens is 1. The molecule has 8 heteroatoms. The smallest absolute Gasteiger partial charge is 0.225 e. The first-order valence-corrected chi connectivity index (χ1v) is 8.59. The monoisotopic (exact) mass is 306 g/mol. The molecule has 0 spiro atoms. The highest BCUT2D eigenvalue weighted by Gasteiger charge is 2.28. The van der Waals surface area contributed by atoms with Crippen LogP contribution < -0.4 is 5.32 Å². The van der Waals surface area contributed by atoms with E-state index in [0.717, 1.165) is 10.6 Å². The SMILES string of the molecule is Cc1[nH]c(=S)sc1CC(=O)N[C@@H]1CCS(=O)(=O)C1. The molecule has 2 rings (SSSR count). The zero-order valence-electron chi connectivity index (χ0n) is 9.86. The average molecular weight is 306 g/mol. The Bertz CT molecular complexity index is 615. The Hall–Kier alpha value is -0.730. The van der Waals surface area contributed by atoms with Gasteiger partial charge in [0.15, 0.2) is 13.8 Å². The van der Waals surface area contributed by atoms with Crippen molar-refractivity contribution >= 4 is 39.3 Å². The summed E-state index contributed by atoms with van der Waals surface area (Å²) >= 11 is 6.38. The first kappa shape index (κ1) is 13.7. The second-order valence-corrected chi connectivity index (χ2v) is 8.41. The van der Waals surface area contributed by atoms with Crippen LogP contribution in [0.25, 0.3) is 0 Å². The number of sulfone groups is 1. The van der Waals surface area contributed by atoms with Gasteiger partial charge in [-0.1, -0.05) is 0 Å². The van der Waals surface area contributed by atoms with E-state index in [0.29, 0.717) is 10.4 Å². The molecule has 0 aliphatic carbocycles. The summed E-state index contributed by atoms with van der Waals surface area (Å²) in [5, 5.41) is 2.76. The third-order valence-corrected chi connectivity index (χ3v) is 5.95. The number of amides is 1. The molecule has 0 unspecified atom stereocenters. The van der Waals surface area contributed by atoms with Crippen molar-refractivity contribution in [1.29, 1.82) is 0 Å². The number of carbonyl (C=O) groups is 1. The molecule has 1 aromatic rings. The van der Waals surface area contributed by atoms with Gasteiger partial charge in [0.05, 0.1) is 17.9 Å². The van der Waals surface area contributed by atoms with Gasteiger partial charge in [0.2, 0.25) is 5.91 Å². The van der Waals surface area contributed by atoms with Gasteiger partial charge in [-0.25, -0.2) is 8.42 Å². The van der Waals surface area contributed by atoms with E-state index in [1.165, 1.54) is 11.3 Å². The average Bonchev–Trinajstić information content (AvgIpc) is 2.70. The fraction of sp³-hybridized carbons (Fsp3) is 0.600. The van der Waals surface area contributed by atoms with Crippen LogP contribution in [0.3, 0.4) is 0 Å². The van der Waals surface area contributed by atoms with Crippen LogP contribution in [-0.4, -0.2) is 36.9 Å². The van der Waals surface area contributed by atoms with Crippen molar-refractivity contribution in [3.05, 3.63) is 14.5 Å². The summed E-state index contributed by atoms with van der Waals surface area (Å²) in [6.45, 7) is 1.87. The van der Waals surface area contributed by atoms with Crippen LogP contribution in [0.1, 0.15) is 17.0 Å². The third-order valence-electron chi connectivity index (χ3n) is 2.84. The summed E-state index contributed by atoms with van der Waals surface area (Å²) < 4.78 is 23.2. The van der Waals surface area contributed by atoms with Crippen molar-refractivity contribution in [1.82, 2.24) is 10.3 Å². The van der Waals surface area contributed by atoms with E-state index in [-0.39, 0.29) is 29.9 Å². The van der Waals surface area contributed by atoms with Gasteiger partial charge in [0.1, 0.15) is 0 Å². The zero-order chi connectivity index (χ0) is 13.3. The second kappa shape index (κ2) is 5.10. The molecule has 1 fully saturated rings. The lowest BCUT2D eigenvalue weighted by molar-refractivity contribution is -0.120. The van der Waals surface area contributed by atoms with Gasteiger partial charge in [-0.05, 0) is 25.6 Å². The molecule has 2 N–H and O–H groups in total. The molecular weight excluding hydrogens is 292 g/mol. The molecule has 0 radical (unpaired) electrons. The fourth-order valence-corrected chi connectivity index (χ4v) is 4.90. The lowest BCUT2D eigenvalue weighted by Crippen LogP contribution is -2.36. The number of carbonyl (C=O) groups excluding carboxylic acids is 1. The minimum atomic E-state index is -2.95. The molecule has 5 nitrogen and oxygen atoms in total. The highest BCUT2D eigenvalue weighted by atomic mass is 32.2. The lowest BCUT2D eigenvalue weighted by Gasteiger charge is -2.10. The lowest BCUT2D eigenvalue weighted by atomic mass is 10.2. The van der Waals surface area contributed by atoms with Crippen LogP contribution in [0.15, 0.2) is 0 Å². The molecule has 18 heavy (non-hydrogen) atoms. The largest absolute Gasteiger partial charge is 0.352 e. The molecule has 0 saturated carbocycles. The molecule has 1 aromatic heterocycles. The topological polar surface area (TPSA) is 79.0 Å². The van der Waals surface area contributed by atoms with E-state index in [2.05, 4.69) is 10.3 Å². The molecule has 1 amide bonds. The van der Waals surface area contributed by atoms with Gasteiger partial charge in [-0.15, -0.1) is 11.3 Å². The van der Waals surface area contributed by atoms with Gasteiger partial charge in [-0.3, -0.25) is 4.79 Å². The summed E-state index contributed by atoms with van der Waals surface area (Å²) in [5.74, 6) is 0.0751. The van der Waals surface area contributed by atoms with Crippen molar-refractivity contribution in [2.75, 3.05) is 11.5 Å². The number of aromatic amines is 1. The molecule has 0 bridgehead atoms. The normalized spacial score (nSPS) is 21.9. The van der Waals surface area contributed by atoms with E-state index in [1.54, 1.807) is 0 Å². The van der Waals surface area contributed by atoms with Crippen molar-refractivity contribution < 1.29 is 13.2 Å². The van der Waals surface area contributed by atoms with Gasteiger partial charge in [0.25, 0.3) is 0 Å². The van der Waals surface area contributed by atoms with E-state index in [4.69, 9.17) is 12.2 Å². The number of thiazole rings is 1. The summed E-state index contributed by atoms with van der Waals surface area (Å²) in [6, 6.07) is -0.241. The maximum atomic E-state index is 11.8. The Morgan fingerprint density at radius 2 is 2.33 bits per heavy atom. The Kier molecular flexibility index (Phi) is 3.88. The molecule has 2 heterocycles. The highest BCUT2D eigenvalue weighted by molar-refractivity contribution is 7.91. The molecule has 100 valence electrons. The van der Waals surface area contributed by atoms with Crippen LogP contribution >= 0.6 is 23.6 Å². The summed E-state index contributed by atoms with van der Waals surface area (Å²) in [6.07, 6.45) is 0.760. The predicted octanol–water partition coefficient (Wildman–Crippen LogP) is 0.960. The van der Waals surface area contributed by atoms with Crippen LogP contribution in [-0.2, 0) is 21.1 Å². The Balaban J connectivity index is 1.94. The number of rotatable bonds is 3. The highest BCUT2D eigenvalue weighted by Crippen LogP contribution is 2.16. The predicted molar refractivity (Wildman–Crippen MR) is 73.1 cm³/mol. The quantitative estimate of drug-likeness (QED) is 0.815. The number of nitrogens with one attached hydrogen (secondary N) is 2. The molecule has 1 aliphatic heterocycles. The van der Waals surface area contributed by atoms with Crippen molar-refractivity contribution in [2.45, 2.75) is 25.8 Å². The summed E-state index contributed by atoms with van der Waals surface area (Å²) in [5.41, 5.74) is 0.902. The van der Waals surface area contributed by atoms with Crippen molar-refractivity contribution in [2.24, 2.45) is 0 Å². The van der Waals surface area contributed by atoms with Gasteiger partial charge in [-0.2, -0.15) is 0 Å². The van der Waals surface area contributed by atoms with Crippen LogP contribution in [0, 0.1) is 10.9 Å². The summed E-state index contributed by atoms with van der Waals surface area (Å²) in [4.78, 5) is 15.7. The Morgan fingerprint density at radius 1 is 1.61 bits per heavy atom. The number of aryl methyl sites for hydroxylation is 1. The minimum absolute atomic E-state index is 0.0561. The van der Waals surface area contributed by atoms with Crippen LogP contribution in [0.4, 0.5) is 0 Å². The Morgan fingerprint density at radius 3 is 2.83 bits per heavy atom. The van der Waals surface area contributed by atoms with Crippen LogP contribution in [0.5, 0.6) is 0 Å². The minimum Gasteiger partial charge on any atom is -0.352 e. The molecule has 1 atom stereocenters. The molecule has 1 saturated heterocycles. The van der Waals surface area contributed by atoms with Gasteiger partial charge in [0, 0.05) is 16.6 Å². The third kappa shape index (κ3) is 3.39. The van der Waals surface area contributed by atoms with E-state index < -0.39 is 9.84 Å². The molecular formula is C10H14N2O3S3. The van der Waals surface area contributed by atoms with E-state index in [9.17, 15) is 13.2 Å². The van der Waals surface area contributed by atoms with Gasteiger partial charge >= 0.3 is 0 Å². The zero-order valence-corrected chi connectivity index (χ0v) is 12.3. The Labute approximate surface area is 115 Å². The van der Waals surface area contributed by atoms with E-state index >= 15 is 0 Å². The maximum Gasteiger partial charge on any atom is 0.225 e. The summed E-state index contributed by atoms with van der Waals surface area (Å²) in [7, 11) is -2.95. The standard InChI is InChI=1S/C10H14N2O3S3/c1-6-8(17-10(16)11-6)4-9(13)12-7-2-3-18(14,15)5-7/h7H,2-5H2,1H3,(H,11,16)(H,12,13)/t7-/m1/s1. The number of hydrogen-bond donors (Lipinski definition) is 2. The first-order valence-electron chi connectivity index (χ1n) is 5.54. The van der Waals surface area contributed by atoms with Gasteiger partial charge < -0.3 is 10.3 Å². The second-order valence-electron chi connectivity index (χ2n) is 4.41. The molecule has 1 aliphatic rings.